The maximum atomic E-state index is 12.3. The van der Waals surface area contributed by atoms with E-state index in [1.165, 1.54) is 0 Å². The van der Waals surface area contributed by atoms with E-state index < -0.39 is 0 Å². The van der Waals surface area contributed by atoms with E-state index >= 15 is 0 Å². The number of halogens is 1. The third-order valence-electron chi connectivity index (χ3n) is 3.72. The fourth-order valence-corrected chi connectivity index (χ4v) is 4.13. The summed E-state index contributed by atoms with van der Waals surface area (Å²) >= 11 is 9.21. The molecule has 0 spiro atoms. The first-order valence-corrected chi connectivity index (χ1v) is 9.77. The van der Waals surface area contributed by atoms with Crippen molar-refractivity contribution >= 4 is 45.7 Å². The second kappa shape index (κ2) is 8.04. The quantitative estimate of drug-likeness (QED) is 0.756. The number of carbonyl (C=O) groups excluding carboxylic acids is 1. The first kappa shape index (κ1) is 16.6. The maximum Gasteiger partial charge on any atom is 0.223 e. The summed E-state index contributed by atoms with van der Waals surface area (Å²) < 4.78 is 0. The molecule has 1 saturated heterocycles. The van der Waals surface area contributed by atoms with Crippen molar-refractivity contribution in [3.05, 3.63) is 40.9 Å². The van der Waals surface area contributed by atoms with Gasteiger partial charge >= 0.3 is 0 Å². The topological polar surface area (TPSA) is 36.4 Å². The molecule has 2 heterocycles. The third kappa shape index (κ3) is 4.62. The molecule has 0 atom stereocenters. The number of hydrogen-bond acceptors (Lipinski definition) is 5. The largest absolute Gasteiger partial charge is 0.345 e. The predicted octanol–water partition coefficient (Wildman–Crippen LogP) is 3.63. The number of carbonyl (C=O) groups is 1. The van der Waals surface area contributed by atoms with Gasteiger partial charge in [-0.1, -0.05) is 11.6 Å². The average Bonchev–Trinajstić information content (AvgIpc) is 3.11. The van der Waals surface area contributed by atoms with Crippen LogP contribution in [0.2, 0.25) is 5.02 Å². The van der Waals surface area contributed by atoms with E-state index in [0.29, 0.717) is 6.42 Å². The van der Waals surface area contributed by atoms with Gasteiger partial charge in [-0.3, -0.25) is 4.79 Å². The van der Waals surface area contributed by atoms with Crippen molar-refractivity contribution in [3.8, 4) is 0 Å². The van der Waals surface area contributed by atoms with Crippen molar-refractivity contribution in [3.63, 3.8) is 0 Å². The summed E-state index contributed by atoms with van der Waals surface area (Å²) in [6, 6.07) is 7.74. The summed E-state index contributed by atoms with van der Waals surface area (Å²) in [6.07, 6.45) is 2.40. The van der Waals surface area contributed by atoms with Crippen molar-refractivity contribution in [1.82, 2.24) is 9.88 Å². The minimum absolute atomic E-state index is 0.241. The van der Waals surface area contributed by atoms with Crippen LogP contribution in [0, 0.1) is 0 Å². The Kier molecular flexibility index (Phi) is 5.80. The Morgan fingerprint density at radius 1 is 1.22 bits per heavy atom. The second-order valence-corrected chi connectivity index (χ2v) is 7.71. The van der Waals surface area contributed by atoms with Gasteiger partial charge in [-0.25, -0.2) is 4.98 Å². The molecule has 0 bridgehead atoms. The number of anilines is 1. The van der Waals surface area contributed by atoms with Crippen LogP contribution in [0.15, 0.2) is 40.7 Å². The highest BCUT2D eigenvalue weighted by Gasteiger charge is 2.21. The van der Waals surface area contributed by atoms with E-state index in [0.717, 1.165) is 47.0 Å². The molecule has 7 heteroatoms. The Hall–Kier alpha value is -1.24. The van der Waals surface area contributed by atoms with Crippen LogP contribution >= 0.6 is 34.7 Å². The van der Waals surface area contributed by atoms with Crippen LogP contribution in [-0.4, -0.2) is 47.7 Å². The fraction of sp³-hybridized carbons (Fsp3) is 0.375. The van der Waals surface area contributed by atoms with Crippen LogP contribution in [-0.2, 0) is 4.79 Å². The smallest absolute Gasteiger partial charge is 0.223 e. The van der Waals surface area contributed by atoms with Crippen molar-refractivity contribution in [1.29, 1.82) is 0 Å². The molecule has 0 aliphatic carbocycles. The number of piperazine rings is 1. The lowest BCUT2D eigenvalue weighted by molar-refractivity contribution is -0.131. The molecule has 1 fully saturated rings. The lowest BCUT2D eigenvalue weighted by atomic mass is 10.3. The molecule has 4 nitrogen and oxygen atoms in total. The molecule has 23 heavy (non-hydrogen) atoms. The van der Waals surface area contributed by atoms with E-state index in [1.807, 2.05) is 40.7 Å². The normalized spacial score (nSPS) is 15.0. The number of rotatable bonds is 5. The van der Waals surface area contributed by atoms with Gasteiger partial charge in [-0.05, 0) is 24.3 Å². The first-order chi connectivity index (χ1) is 11.2. The molecule has 0 saturated carbocycles. The van der Waals surface area contributed by atoms with Crippen molar-refractivity contribution < 1.29 is 4.79 Å². The molecule has 122 valence electrons. The molecule has 1 aromatic heterocycles. The standard InChI is InChI=1S/C16H18ClN3OS2/c17-13-1-3-14(4-2-13)22-11-5-15(21)19-7-9-20(10-8-19)16-18-6-12-23-16/h1-4,6,12H,5,7-11H2. The minimum atomic E-state index is 0.241. The summed E-state index contributed by atoms with van der Waals surface area (Å²) in [5, 5.41) is 3.78. The molecule has 0 unspecified atom stereocenters. The van der Waals surface area contributed by atoms with Crippen LogP contribution in [0.5, 0.6) is 0 Å². The van der Waals surface area contributed by atoms with E-state index in [-0.39, 0.29) is 5.91 Å². The Bertz CT molecular complexity index is 625. The van der Waals surface area contributed by atoms with Crippen LogP contribution in [0.3, 0.4) is 0 Å². The molecule has 1 amide bonds. The average molecular weight is 368 g/mol. The number of nitrogens with zero attached hydrogens (tertiary/aromatic N) is 3. The zero-order valence-corrected chi connectivity index (χ0v) is 15.0. The SMILES string of the molecule is O=C(CCSc1ccc(Cl)cc1)N1CCN(c2nccs2)CC1. The van der Waals surface area contributed by atoms with Crippen LogP contribution < -0.4 is 4.90 Å². The molecule has 1 aromatic carbocycles. The fourth-order valence-electron chi connectivity index (χ4n) is 2.46. The number of amides is 1. The van der Waals surface area contributed by atoms with Crippen LogP contribution in [0.1, 0.15) is 6.42 Å². The van der Waals surface area contributed by atoms with Crippen molar-refractivity contribution in [2.45, 2.75) is 11.3 Å². The molecule has 1 aliphatic heterocycles. The van der Waals surface area contributed by atoms with Gasteiger partial charge in [0.05, 0.1) is 0 Å². The van der Waals surface area contributed by atoms with Gasteiger partial charge in [0.2, 0.25) is 5.91 Å². The minimum Gasteiger partial charge on any atom is -0.345 e. The summed E-state index contributed by atoms with van der Waals surface area (Å²) in [5.74, 6) is 1.04. The molecular weight excluding hydrogens is 350 g/mol. The Morgan fingerprint density at radius 3 is 2.61 bits per heavy atom. The monoisotopic (exact) mass is 367 g/mol. The summed E-state index contributed by atoms with van der Waals surface area (Å²) in [7, 11) is 0. The summed E-state index contributed by atoms with van der Waals surface area (Å²) in [6.45, 7) is 3.29. The van der Waals surface area contributed by atoms with Gasteiger partial charge in [0.25, 0.3) is 0 Å². The highest BCUT2D eigenvalue weighted by molar-refractivity contribution is 7.99. The molecule has 0 N–H and O–H groups in total. The van der Waals surface area contributed by atoms with Crippen molar-refractivity contribution in [2.75, 3.05) is 36.8 Å². The number of thioether (sulfide) groups is 1. The zero-order chi connectivity index (χ0) is 16.1. The molecule has 0 radical (unpaired) electrons. The summed E-state index contributed by atoms with van der Waals surface area (Å²) in [5.41, 5.74) is 0. The number of hydrogen-bond donors (Lipinski definition) is 0. The van der Waals surface area contributed by atoms with Gasteiger partial charge in [0.1, 0.15) is 0 Å². The summed E-state index contributed by atoms with van der Waals surface area (Å²) in [4.78, 5) is 22.0. The van der Waals surface area contributed by atoms with E-state index in [9.17, 15) is 4.79 Å². The Morgan fingerprint density at radius 2 is 1.96 bits per heavy atom. The van der Waals surface area contributed by atoms with Crippen LogP contribution in [0.4, 0.5) is 5.13 Å². The van der Waals surface area contributed by atoms with Gasteiger partial charge < -0.3 is 9.80 Å². The first-order valence-electron chi connectivity index (χ1n) is 7.53. The van der Waals surface area contributed by atoms with Crippen molar-refractivity contribution in [2.24, 2.45) is 0 Å². The van der Waals surface area contributed by atoms with E-state index in [4.69, 9.17) is 11.6 Å². The molecule has 1 aliphatic rings. The highest BCUT2D eigenvalue weighted by Crippen LogP contribution is 2.22. The Labute approximate surface area is 149 Å². The second-order valence-electron chi connectivity index (χ2n) is 5.23. The van der Waals surface area contributed by atoms with Gasteiger partial charge in [0.15, 0.2) is 5.13 Å². The van der Waals surface area contributed by atoms with Gasteiger partial charge in [-0.15, -0.1) is 23.1 Å². The third-order valence-corrected chi connectivity index (χ3v) is 5.82. The van der Waals surface area contributed by atoms with E-state index in [1.54, 1.807) is 23.1 Å². The predicted molar refractivity (Wildman–Crippen MR) is 97.7 cm³/mol. The number of thiazole rings is 1. The van der Waals surface area contributed by atoms with Crippen LogP contribution in [0.25, 0.3) is 0 Å². The Balaban J connectivity index is 1.40. The van der Waals surface area contributed by atoms with Gasteiger partial charge in [0, 0.05) is 59.8 Å². The number of aromatic nitrogens is 1. The number of benzene rings is 1. The molecule has 3 rings (SSSR count). The molecule has 2 aromatic rings. The maximum absolute atomic E-state index is 12.3. The van der Waals surface area contributed by atoms with E-state index in [2.05, 4.69) is 9.88 Å². The lowest BCUT2D eigenvalue weighted by Crippen LogP contribution is -2.48. The van der Waals surface area contributed by atoms with Gasteiger partial charge in [-0.2, -0.15) is 0 Å². The molecular formula is C16H18ClN3OS2. The highest BCUT2D eigenvalue weighted by atomic mass is 35.5. The lowest BCUT2D eigenvalue weighted by Gasteiger charge is -2.34. The zero-order valence-electron chi connectivity index (χ0n) is 12.7.